The second-order valence-electron chi connectivity index (χ2n) is 6.45. The van der Waals surface area contributed by atoms with Crippen molar-refractivity contribution in [2.75, 3.05) is 51.3 Å². The van der Waals surface area contributed by atoms with Crippen LogP contribution in [0.5, 0.6) is 5.75 Å². The van der Waals surface area contributed by atoms with Crippen molar-refractivity contribution < 1.29 is 9.13 Å². The Morgan fingerprint density at radius 2 is 2.00 bits per heavy atom. The molecule has 0 unspecified atom stereocenters. The molecule has 9 heteroatoms. The molecule has 1 aliphatic heterocycles. The molecule has 1 aromatic heterocycles. The van der Waals surface area contributed by atoms with Crippen LogP contribution in [0.3, 0.4) is 0 Å². The lowest BCUT2D eigenvalue weighted by atomic mass is 10.3. The molecule has 0 bridgehead atoms. The van der Waals surface area contributed by atoms with Crippen molar-refractivity contribution in [3.63, 3.8) is 0 Å². The predicted molar refractivity (Wildman–Crippen MR) is 111 cm³/mol. The van der Waals surface area contributed by atoms with Crippen LogP contribution >= 0.6 is 11.5 Å². The molecule has 1 fully saturated rings. The van der Waals surface area contributed by atoms with Gasteiger partial charge in [-0.3, -0.25) is 4.99 Å². The van der Waals surface area contributed by atoms with Crippen LogP contribution in [0.25, 0.3) is 0 Å². The first kappa shape index (κ1) is 20.3. The average Bonchev–Trinajstić information content (AvgIpc) is 3.22. The van der Waals surface area contributed by atoms with E-state index in [1.807, 2.05) is 7.05 Å². The highest BCUT2D eigenvalue weighted by Gasteiger charge is 2.21. The molecule has 0 saturated carbocycles. The highest BCUT2D eigenvalue weighted by atomic mass is 32.1. The molecular formula is C19H27FN6OS. The number of aromatic nitrogens is 2. The van der Waals surface area contributed by atoms with E-state index >= 15 is 0 Å². The van der Waals surface area contributed by atoms with Crippen molar-refractivity contribution in [3.8, 4) is 5.75 Å². The van der Waals surface area contributed by atoms with Gasteiger partial charge in [-0.15, -0.1) is 0 Å². The number of aliphatic imine (C=N–C) groups is 1. The largest absolute Gasteiger partial charge is 0.494 e. The average molecular weight is 407 g/mol. The zero-order chi connectivity index (χ0) is 19.8. The van der Waals surface area contributed by atoms with E-state index in [1.165, 1.54) is 23.7 Å². The standard InChI is InChI=1S/C19H27FN6OS/c1-3-17-23-19(28-24-17)26-12-10-25(11-13-26)18(21-2)22-9-4-14-27-16-7-5-15(20)6-8-16/h5-8H,3-4,9-14H2,1-2H3,(H,21,22). The minimum atomic E-state index is -0.255. The van der Waals surface area contributed by atoms with E-state index < -0.39 is 0 Å². The molecular weight excluding hydrogens is 379 g/mol. The number of nitrogens with zero attached hydrogens (tertiary/aromatic N) is 5. The molecule has 2 aromatic rings. The molecule has 2 heterocycles. The first-order chi connectivity index (χ1) is 13.7. The maximum atomic E-state index is 12.9. The molecule has 152 valence electrons. The first-order valence-corrected chi connectivity index (χ1v) is 10.4. The second kappa shape index (κ2) is 10.2. The fourth-order valence-corrected chi connectivity index (χ4v) is 3.75. The fraction of sp³-hybridized carbons (Fsp3) is 0.526. The highest BCUT2D eigenvalue weighted by Crippen LogP contribution is 2.19. The van der Waals surface area contributed by atoms with Gasteiger partial charge < -0.3 is 19.9 Å². The Kier molecular flexibility index (Phi) is 7.41. The van der Waals surface area contributed by atoms with E-state index in [0.717, 1.165) is 62.5 Å². The van der Waals surface area contributed by atoms with E-state index in [4.69, 9.17) is 4.74 Å². The zero-order valence-corrected chi connectivity index (χ0v) is 17.2. The molecule has 0 spiro atoms. The van der Waals surface area contributed by atoms with Crippen LogP contribution in [0.15, 0.2) is 29.3 Å². The maximum absolute atomic E-state index is 12.9. The van der Waals surface area contributed by atoms with Crippen molar-refractivity contribution in [1.29, 1.82) is 0 Å². The van der Waals surface area contributed by atoms with Gasteiger partial charge in [-0.05, 0) is 30.7 Å². The topological polar surface area (TPSA) is 65.9 Å². The summed E-state index contributed by atoms with van der Waals surface area (Å²) in [6, 6.07) is 6.09. The van der Waals surface area contributed by atoms with Crippen molar-refractivity contribution in [2.24, 2.45) is 4.99 Å². The van der Waals surface area contributed by atoms with Crippen LogP contribution in [0, 0.1) is 5.82 Å². The minimum absolute atomic E-state index is 0.255. The number of nitrogens with one attached hydrogen (secondary N) is 1. The zero-order valence-electron chi connectivity index (χ0n) is 16.4. The third-order valence-electron chi connectivity index (χ3n) is 4.52. The Hall–Kier alpha value is -2.42. The van der Waals surface area contributed by atoms with Gasteiger partial charge in [0.25, 0.3) is 0 Å². The number of rotatable bonds is 7. The summed E-state index contributed by atoms with van der Waals surface area (Å²) in [5.74, 6) is 2.26. The SMILES string of the molecule is CCc1nsc(N2CCN(C(=NC)NCCCOc3ccc(F)cc3)CC2)n1. The molecule has 7 nitrogen and oxygen atoms in total. The normalized spacial score (nSPS) is 15.0. The summed E-state index contributed by atoms with van der Waals surface area (Å²) in [5, 5.41) is 4.41. The van der Waals surface area contributed by atoms with Crippen molar-refractivity contribution in [2.45, 2.75) is 19.8 Å². The summed E-state index contributed by atoms with van der Waals surface area (Å²) in [6.07, 6.45) is 1.71. The molecule has 28 heavy (non-hydrogen) atoms. The molecule has 1 aromatic carbocycles. The third kappa shape index (κ3) is 5.54. The van der Waals surface area contributed by atoms with E-state index in [9.17, 15) is 4.39 Å². The first-order valence-electron chi connectivity index (χ1n) is 9.61. The summed E-state index contributed by atoms with van der Waals surface area (Å²) in [4.78, 5) is 13.5. The van der Waals surface area contributed by atoms with Gasteiger partial charge in [-0.25, -0.2) is 9.37 Å². The van der Waals surface area contributed by atoms with Gasteiger partial charge in [0.15, 0.2) is 5.96 Å². The minimum Gasteiger partial charge on any atom is -0.494 e. The van der Waals surface area contributed by atoms with Crippen LogP contribution in [-0.4, -0.2) is 66.6 Å². The summed E-state index contributed by atoms with van der Waals surface area (Å²) >= 11 is 1.48. The number of anilines is 1. The summed E-state index contributed by atoms with van der Waals surface area (Å²) in [6.45, 7) is 7.02. The monoisotopic (exact) mass is 406 g/mol. The van der Waals surface area contributed by atoms with Gasteiger partial charge in [0.05, 0.1) is 6.61 Å². The molecule has 1 saturated heterocycles. The van der Waals surface area contributed by atoms with E-state index in [0.29, 0.717) is 12.4 Å². The lowest BCUT2D eigenvalue weighted by Gasteiger charge is -2.36. The Morgan fingerprint density at radius 1 is 1.25 bits per heavy atom. The Balaban J connectivity index is 1.36. The van der Waals surface area contributed by atoms with Gasteiger partial charge in [0.1, 0.15) is 17.4 Å². The predicted octanol–water partition coefficient (Wildman–Crippen LogP) is 2.41. The third-order valence-corrected chi connectivity index (χ3v) is 5.34. The molecule has 1 N–H and O–H groups in total. The van der Waals surface area contributed by atoms with Crippen LogP contribution in [0.1, 0.15) is 19.2 Å². The fourth-order valence-electron chi connectivity index (χ4n) is 2.95. The Bertz CT molecular complexity index is 758. The van der Waals surface area contributed by atoms with Gasteiger partial charge in [0, 0.05) is 57.7 Å². The highest BCUT2D eigenvalue weighted by molar-refractivity contribution is 7.09. The molecule has 0 amide bonds. The van der Waals surface area contributed by atoms with Crippen LogP contribution in [0.4, 0.5) is 9.52 Å². The number of hydrogen-bond acceptors (Lipinski definition) is 6. The van der Waals surface area contributed by atoms with Crippen molar-refractivity contribution in [3.05, 3.63) is 35.9 Å². The van der Waals surface area contributed by atoms with E-state index in [2.05, 4.69) is 36.4 Å². The number of hydrogen-bond donors (Lipinski definition) is 1. The summed E-state index contributed by atoms with van der Waals surface area (Å²) in [7, 11) is 1.81. The van der Waals surface area contributed by atoms with Gasteiger partial charge in [-0.1, -0.05) is 6.92 Å². The number of halogens is 1. The molecule has 0 aliphatic carbocycles. The van der Waals surface area contributed by atoms with Gasteiger partial charge >= 0.3 is 0 Å². The molecule has 3 rings (SSSR count). The van der Waals surface area contributed by atoms with E-state index in [-0.39, 0.29) is 5.82 Å². The number of aryl methyl sites for hydroxylation is 1. The second-order valence-corrected chi connectivity index (χ2v) is 7.18. The lowest BCUT2D eigenvalue weighted by molar-refractivity contribution is 0.308. The molecule has 0 radical (unpaired) electrons. The van der Waals surface area contributed by atoms with Crippen LogP contribution in [0.2, 0.25) is 0 Å². The van der Waals surface area contributed by atoms with Gasteiger partial charge in [0.2, 0.25) is 5.13 Å². The lowest BCUT2D eigenvalue weighted by Crippen LogP contribution is -2.52. The molecule has 1 aliphatic rings. The number of piperazine rings is 1. The summed E-state index contributed by atoms with van der Waals surface area (Å²) < 4.78 is 22.9. The Morgan fingerprint density at radius 3 is 2.64 bits per heavy atom. The number of guanidine groups is 1. The quantitative estimate of drug-likeness (QED) is 0.433. The van der Waals surface area contributed by atoms with Crippen molar-refractivity contribution in [1.82, 2.24) is 19.6 Å². The van der Waals surface area contributed by atoms with Gasteiger partial charge in [-0.2, -0.15) is 4.37 Å². The molecule has 0 atom stereocenters. The van der Waals surface area contributed by atoms with Crippen molar-refractivity contribution >= 4 is 22.6 Å². The number of benzene rings is 1. The van der Waals surface area contributed by atoms with Crippen LogP contribution < -0.4 is 15.0 Å². The Labute approximate surface area is 169 Å². The van der Waals surface area contributed by atoms with E-state index in [1.54, 1.807) is 12.1 Å². The van der Waals surface area contributed by atoms with Crippen LogP contribution in [-0.2, 0) is 6.42 Å². The smallest absolute Gasteiger partial charge is 0.205 e. The summed E-state index contributed by atoms with van der Waals surface area (Å²) in [5.41, 5.74) is 0. The number of ether oxygens (including phenoxy) is 1. The maximum Gasteiger partial charge on any atom is 0.205 e.